The molecule has 0 aliphatic rings. The Morgan fingerprint density at radius 1 is 1.50 bits per heavy atom. The van der Waals surface area contributed by atoms with Crippen LogP contribution < -0.4 is 4.72 Å². The molecule has 0 fully saturated rings. The minimum atomic E-state index is -2.78. The number of H-pyrrole nitrogens is 1. The Kier molecular flexibility index (Phi) is 2.93. The Bertz CT molecular complexity index is 903. The molecule has 2 aromatic heterocycles. The molecular formula is C12H9N5OS2. The minimum Gasteiger partial charge on any atom is -0.358 e. The standard InChI is InChI=1S/C12H9N5OS2/c1-20(18,11-7-15-19-16-11)17-10-4-2-3-9-8(5-13)6-14-12(9)10/h2-4,6-7,14H,1H2,(H,17,18). The maximum Gasteiger partial charge on any atom is 0.171 e. The van der Waals surface area contributed by atoms with Crippen LogP contribution in [0.4, 0.5) is 5.69 Å². The third-order valence-corrected chi connectivity index (χ3v) is 4.81. The lowest BCUT2D eigenvalue weighted by Crippen LogP contribution is -2.13. The Hall–Kier alpha value is -2.37. The number of aromatic amines is 1. The molecule has 2 heterocycles. The van der Waals surface area contributed by atoms with E-state index in [0.717, 1.165) is 17.1 Å². The van der Waals surface area contributed by atoms with Crippen molar-refractivity contribution < 1.29 is 4.21 Å². The molecule has 20 heavy (non-hydrogen) atoms. The number of nitrogens with zero attached hydrogens (tertiary/aromatic N) is 3. The maximum atomic E-state index is 12.5. The van der Waals surface area contributed by atoms with Crippen molar-refractivity contribution >= 4 is 43.9 Å². The quantitative estimate of drug-likeness (QED) is 0.723. The summed E-state index contributed by atoms with van der Waals surface area (Å²) in [6.45, 7) is 0. The minimum absolute atomic E-state index is 0.312. The second kappa shape index (κ2) is 4.63. The van der Waals surface area contributed by atoms with Gasteiger partial charge >= 0.3 is 0 Å². The molecule has 6 nitrogen and oxygen atoms in total. The fraction of sp³-hybridized carbons (Fsp3) is 0. The van der Waals surface area contributed by atoms with E-state index in [9.17, 15) is 4.21 Å². The molecular weight excluding hydrogens is 294 g/mol. The lowest BCUT2D eigenvalue weighted by atomic mass is 10.2. The molecule has 0 spiro atoms. The van der Waals surface area contributed by atoms with Crippen molar-refractivity contribution in [1.82, 2.24) is 13.7 Å². The average Bonchev–Trinajstić information content (AvgIpc) is 3.08. The number of anilines is 1. The normalized spacial score (nSPS) is 13.8. The first-order valence-electron chi connectivity index (χ1n) is 5.54. The van der Waals surface area contributed by atoms with Crippen LogP contribution in [0.2, 0.25) is 0 Å². The predicted molar refractivity (Wildman–Crippen MR) is 80.1 cm³/mol. The molecule has 8 heteroatoms. The number of fused-ring (bicyclic) bond motifs is 1. The molecule has 100 valence electrons. The summed E-state index contributed by atoms with van der Waals surface area (Å²) in [5.74, 6) is 3.68. The van der Waals surface area contributed by atoms with Gasteiger partial charge in [-0.25, -0.2) is 4.21 Å². The SMILES string of the molecule is C=S(=O)(Nc1cccc2c(C#N)c[nH]c12)c1cnsn1. The summed E-state index contributed by atoms with van der Waals surface area (Å²) in [7, 11) is -2.78. The highest BCUT2D eigenvalue weighted by Crippen LogP contribution is 2.26. The number of aromatic nitrogens is 3. The number of para-hydroxylation sites is 1. The van der Waals surface area contributed by atoms with Crippen LogP contribution >= 0.6 is 11.7 Å². The van der Waals surface area contributed by atoms with Gasteiger partial charge in [-0.15, -0.1) is 0 Å². The van der Waals surface area contributed by atoms with E-state index in [1.54, 1.807) is 18.3 Å². The fourth-order valence-corrected chi connectivity index (χ4v) is 3.69. The van der Waals surface area contributed by atoms with Crippen molar-refractivity contribution in [3.63, 3.8) is 0 Å². The lowest BCUT2D eigenvalue weighted by Gasteiger charge is -2.10. The summed E-state index contributed by atoms with van der Waals surface area (Å²) >= 11 is 0.978. The van der Waals surface area contributed by atoms with Gasteiger partial charge in [-0.3, -0.25) is 0 Å². The molecule has 3 aromatic rings. The molecule has 0 radical (unpaired) electrons. The van der Waals surface area contributed by atoms with Crippen LogP contribution in [-0.4, -0.2) is 23.8 Å². The second-order valence-electron chi connectivity index (χ2n) is 4.07. The molecule has 0 saturated carbocycles. The van der Waals surface area contributed by atoms with Crippen LogP contribution in [0.5, 0.6) is 0 Å². The van der Waals surface area contributed by atoms with E-state index < -0.39 is 9.71 Å². The van der Waals surface area contributed by atoms with Crippen LogP contribution in [-0.2, 0) is 9.71 Å². The van der Waals surface area contributed by atoms with Gasteiger partial charge in [0.15, 0.2) is 5.03 Å². The van der Waals surface area contributed by atoms with Gasteiger partial charge < -0.3 is 9.71 Å². The summed E-state index contributed by atoms with van der Waals surface area (Å²) in [4.78, 5) is 3.00. The summed E-state index contributed by atoms with van der Waals surface area (Å²) in [6, 6.07) is 7.48. The molecule has 0 aliphatic carbocycles. The third-order valence-electron chi connectivity index (χ3n) is 2.79. The van der Waals surface area contributed by atoms with Crippen molar-refractivity contribution in [1.29, 1.82) is 5.26 Å². The Balaban J connectivity index is 2.09. The summed E-state index contributed by atoms with van der Waals surface area (Å²) < 4.78 is 23.2. The van der Waals surface area contributed by atoms with Crippen LogP contribution in [0.1, 0.15) is 5.56 Å². The molecule has 1 unspecified atom stereocenters. The van der Waals surface area contributed by atoms with Gasteiger partial charge in [0.2, 0.25) is 0 Å². The van der Waals surface area contributed by atoms with Crippen molar-refractivity contribution in [2.75, 3.05) is 4.72 Å². The van der Waals surface area contributed by atoms with Crippen molar-refractivity contribution in [3.8, 4) is 6.07 Å². The van der Waals surface area contributed by atoms with Crippen LogP contribution in [0.15, 0.2) is 35.6 Å². The highest BCUT2D eigenvalue weighted by atomic mass is 32.2. The Labute approximate surface area is 119 Å². The Morgan fingerprint density at radius 2 is 2.35 bits per heavy atom. The van der Waals surface area contributed by atoms with E-state index in [2.05, 4.69) is 30.4 Å². The third kappa shape index (κ3) is 2.03. The predicted octanol–water partition coefficient (Wildman–Crippen LogP) is 1.99. The van der Waals surface area contributed by atoms with Gasteiger partial charge in [-0.1, -0.05) is 12.1 Å². The molecule has 0 bridgehead atoms. The number of nitrogens with one attached hydrogen (secondary N) is 2. The first-order chi connectivity index (χ1) is 9.62. The summed E-state index contributed by atoms with van der Waals surface area (Å²) in [6.07, 6.45) is 3.05. The van der Waals surface area contributed by atoms with Crippen LogP contribution in [0, 0.1) is 11.3 Å². The molecule has 3 rings (SSSR count). The van der Waals surface area contributed by atoms with Gasteiger partial charge in [0.1, 0.15) is 6.07 Å². The molecule has 0 aliphatic heterocycles. The average molecular weight is 303 g/mol. The van der Waals surface area contributed by atoms with Gasteiger partial charge in [-0.05, 0) is 11.9 Å². The van der Waals surface area contributed by atoms with Gasteiger partial charge in [0, 0.05) is 11.6 Å². The molecule has 0 saturated heterocycles. The van der Waals surface area contributed by atoms with E-state index in [-0.39, 0.29) is 0 Å². The number of hydrogen-bond acceptors (Lipinski definition) is 5. The topological polar surface area (TPSA) is 94.5 Å². The van der Waals surface area contributed by atoms with Gasteiger partial charge in [-0.2, -0.15) is 14.0 Å². The van der Waals surface area contributed by atoms with E-state index in [4.69, 9.17) is 5.26 Å². The highest BCUT2D eigenvalue weighted by molar-refractivity contribution is 8.01. The largest absolute Gasteiger partial charge is 0.358 e. The molecule has 1 aromatic carbocycles. The number of nitriles is 1. The monoisotopic (exact) mass is 303 g/mol. The number of hydrogen-bond donors (Lipinski definition) is 2. The van der Waals surface area contributed by atoms with E-state index in [0.29, 0.717) is 21.8 Å². The second-order valence-corrected chi connectivity index (χ2v) is 6.59. The first kappa shape index (κ1) is 12.7. The Morgan fingerprint density at radius 3 is 3.05 bits per heavy atom. The zero-order chi connectivity index (χ0) is 14.2. The number of rotatable bonds is 3. The fourth-order valence-electron chi connectivity index (χ4n) is 1.86. The zero-order valence-corrected chi connectivity index (χ0v) is 11.8. The highest BCUT2D eigenvalue weighted by Gasteiger charge is 2.14. The van der Waals surface area contributed by atoms with Crippen LogP contribution in [0.3, 0.4) is 0 Å². The first-order valence-corrected chi connectivity index (χ1v) is 8.00. The van der Waals surface area contributed by atoms with Crippen LogP contribution in [0.25, 0.3) is 10.9 Å². The van der Waals surface area contributed by atoms with Crippen molar-refractivity contribution in [2.24, 2.45) is 0 Å². The van der Waals surface area contributed by atoms with E-state index in [1.807, 2.05) is 6.07 Å². The van der Waals surface area contributed by atoms with Gasteiger partial charge in [0.25, 0.3) is 0 Å². The molecule has 2 N–H and O–H groups in total. The van der Waals surface area contributed by atoms with E-state index in [1.165, 1.54) is 6.20 Å². The molecule has 0 amide bonds. The lowest BCUT2D eigenvalue weighted by molar-refractivity contribution is 0.682. The maximum absolute atomic E-state index is 12.5. The summed E-state index contributed by atoms with van der Waals surface area (Å²) in [5.41, 5.74) is 1.86. The number of benzene rings is 1. The zero-order valence-electron chi connectivity index (χ0n) is 10.2. The molecule has 1 atom stereocenters. The smallest absolute Gasteiger partial charge is 0.171 e. The summed E-state index contributed by atoms with van der Waals surface area (Å²) in [5, 5.41) is 10.1. The van der Waals surface area contributed by atoms with Crippen molar-refractivity contribution in [2.45, 2.75) is 5.03 Å². The van der Waals surface area contributed by atoms with E-state index >= 15 is 0 Å². The van der Waals surface area contributed by atoms with Crippen molar-refractivity contribution in [3.05, 3.63) is 36.2 Å². The van der Waals surface area contributed by atoms with Gasteiger partial charge in [0.05, 0.1) is 44.4 Å².